The van der Waals surface area contributed by atoms with Gasteiger partial charge in [0.05, 0.1) is 6.26 Å². The van der Waals surface area contributed by atoms with Gasteiger partial charge in [0.2, 0.25) is 5.78 Å². The number of carbonyl (C=O) groups excluding carboxylic acids is 1. The average molecular weight is 200 g/mol. The lowest BCUT2D eigenvalue weighted by Crippen LogP contribution is -2.29. The molecule has 4 heteroatoms. The van der Waals surface area contributed by atoms with Crippen LogP contribution in [0.15, 0.2) is 12.3 Å². The van der Waals surface area contributed by atoms with Crippen molar-refractivity contribution in [2.75, 3.05) is 13.2 Å². The van der Waals surface area contributed by atoms with Gasteiger partial charge in [-0.25, -0.2) is 0 Å². The first-order valence-corrected chi connectivity index (χ1v) is 4.83. The van der Waals surface area contributed by atoms with E-state index in [1.807, 2.05) is 0 Å². The second kappa shape index (κ2) is 5.78. The molecule has 0 radical (unpaired) electrons. The van der Waals surface area contributed by atoms with Crippen molar-refractivity contribution in [3.63, 3.8) is 0 Å². The van der Waals surface area contributed by atoms with Crippen LogP contribution < -0.4 is 0 Å². The molecule has 2 aliphatic rings. The van der Waals surface area contributed by atoms with Crippen molar-refractivity contribution in [3.05, 3.63) is 12.3 Å². The molecule has 2 unspecified atom stereocenters. The monoisotopic (exact) mass is 200 g/mol. The predicted octanol–water partition coefficient (Wildman–Crippen LogP) is 0.851. The summed E-state index contributed by atoms with van der Waals surface area (Å²) in [5.41, 5.74) is 0. The van der Waals surface area contributed by atoms with E-state index in [9.17, 15) is 4.79 Å². The number of carbonyl (C=O) groups is 1. The summed E-state index contributed by atoms with van der Waals surface area (Å²) >= 11 is 0. The van der Waals surface area contributed by atoms with Crippen molar-refractivity contribution in [3.8, 4) is 0 Å². The zero-order valence-electron chi connectivity index (χ0n) is 8.31. The Kier molecular flexibility index (Phi) is 4.62. The van der Waals surface area contributed by atoms with Gasteiger partial charge >= 0.3 is 0 Å². The van der Waals surface area contributed by atoms with Gasteiger partial charge in [-0.2, -0.15) is 0 Å². The van der Waals surface area contributed by atoms with Crippen LogP contribution in [0, 0.1) is 5.92 Å². The van der Waals surface area contributed by atoms with Gasteiger partial charge in [-0.15, -0.1) is 0 Å². The van der Waals surface area contributed by atoms with Crippen LogP contribution in [-0.2, 0) is 14.3 Å². The fourth-order valence-corrected chi connectivity index (χ4v) is 1.13. The van der Waals surface area contributed by atoms with E-state index in [1.165, 1.54) is 19.1 Å². The number of hydrogen-bond donors (Lipinski definition) is 1. The van der Waals surface area contributed by atoms with Crippen molar-refractivity contribution in [2.24, 2.45) is 5.92 Å². The number of hydrogen-bond acceptors (Lipinski definition) is 4. The molecule has 0 bridgehead atoms. The van der Waals surface area contributed by atoms with Crippen LogP contribution in [0.2, 0.25) is 0 Å². The topological polar surface area (TPSA) is 55.8 Å². The molecule has 2 aliphatic heterocycles. The van der Waals surface area contributed by atoms with Crippen molar-refractivity contribution in [1.82, 2.24) is 0 Å². The number of ketones is 1. The Balaban J connectivity index is 0.000000165. The highest BCUT2D eigenvalue weighted by molar-refractivity contribution is 5.85. The predicted molar refractivity (Wildman–Crippen MR) is 50.5 cm³/mol. The maximum Gasteiger partial charge on any atom is 0.257 e. The minimum Gasteiger partial charge on any atom is -0.465 e. The molecule has 0 amide bonds. The van der Waals surface area contributed by atoms with Crippen LogP contribution in [0.25, 0.3) is 0 Å². The van der Waals surface area contributed by atoms with Crippen molar-refractivity contribution in [2.45, 2.75) is 26.1 Å². The standard InChI is InChI=1S/C6H8O3.C4H8O/c1-4-2-3-9-6(8)5(4)7;1-2-4-5-3-1/h2-4,6,8H,1H3;1-4H2. The second-order valence-electron chi connectivity index (χ2n) is 3.33. The molecule has 14 heavy (non-hydrogen) atoms. The quantitative estimate of drug-likeness (QED) is 0.630. The molecule has 0 aromatic heterocycles. The first kappa shape index (κ1) is 11.2. The minimum absolute atomic E-state index is 0.214. The summed E-state index contributed by atoms with van der Waals surface area (Å²) in [6, 6.07) is 0. The van der Waals surface area contributed by atoms with Gasteiger partial charge in [-0.3, -0.25) is 4.79 Å². The molecule has 1 saturated heterocycles. The number of ether oxygens (including phenoxy) is 2. The Morgan fingerprint density at radius 2 is 2.07 bits per heavy atom. The fourth-order valence-electron chi connectivity index (χ4n) is 1.13. The molecule has 2 rings (SSSR count). The summed E-state index contributed by atoms with van der Waals surface area (Å²) in [6.07, 6.45) is 4.26. The lowest BCUT2D eigenvalue weighted by molar-refractivity contribution is -0.151. The van der Waals surface area contributed by atoms with Crippen LogP contribution in [0.5, 0.6) is 0 Å². The first-order valence-electron chi connectivity index (χ1n) is 4.83. The molecule has 0 spiro atoms. The summed E-state index contributed by atoms with van der Waals surface area (Å²) in [4.78, 5) is 10.7. The molecule has 4 nitrogen and oxygen atoms in total. The van der Waals surface area contributed by atoms with E-state index in [0.29, 0.717) is 0 Å². The van der Waals surface area contributed by atoms with Crippen LogP contribution in [0.1, 0.15) is 19.8 Å². The zero-order chi connectivity index (χ0) is 10.4. The SMILES string of the molecule is C1CCOC1.CC1C=COC(O)C1=O. The number of rotatable bonds is 0. The highest BCUT2D eigenvalue weighted by atomic mass is 16.6. The molecule has 2 atom stereocenters. The van der Waals surface area contributed by atoms with E-state index in [2.05, 4.69) is 4.74 Å². The number of Topliss-reactive ketones (excluding diaryl/α,β-unsaturated/α-hetero) is 1. The van der Waals surface area contributed by atoms with E-state index in [4.69, 9.17) is 9.84 Å². The molecule has 0 aliphatic carbocycles. The summed E-state index contributed by atoms with van der Waals surface area (Å²) in [5.74, 6) is -0.494. The van der Waals surface area contributed by atoms with Crippen molar-refractivity contribution >= 4 is 5.78 Å². The normalized spacial score (nSPS) is 30.6. The zero-order valence-corrected chi connectivity index (χ0v) is 8.31. The Morgan fingerprint density at radius 1 is 1.43 bits per heavy atom. The third-order valence-electron chi connectivity index (χ3n) is 2.09. The van der Waals surface area contributed by atoms with Gasteiger partial charge in [-0.1, -0.05) is 6.92 Å². The van der Waals surface area contributed by atoms with Crippen LogP contribution >= 0.6 is 0 Å². The molecule has 80 valence electrons. The molecule has 0 aromatic rings. The van der Waals surface area contributed by atoms with Crippen molar-refractivity contribution in [1.29, 1.82) is 0 Å². The van der Waals surface area contributed by atoms with Gasteiger partial charge < -0.3 is 14.6 Å². The Bertz CT molecular complexity index is 201. The van der Waals surface area contributed by atoms with Crippen LogP contribution in [-0.4, -0.2) is 30.4 Å². The summed E-state index contributed by atoms with van der Waals surface area (Å²) < 4.78 is 9.43. The maximum atomic E-state index is 10.7. The second-order valence-corrected chi connectivity index (χ2v) is 3.33. The Hall–Kier alpha value is -0.870. The average Bonchev–Trinajstić information content (AvgIpc) is 2.72. The van der Waals surface area contributed by atoms with E-state index in [1.54, 1.807) is 13.0 Å². The van der Waals surface area contributed by atoms with E-state index in [0.717, 1.165) is 13.2 Å². The summed E-state index contributed by atoms with van der Waals surface area (Å²) in [5, 5.41) is 8.73. The van der Waals surface area contributed by atoms with Crippen molar-refractivity contribution < 1.29 is 19.4 Å². The molecule has 1 fully saturated rings. The van der Waals surface area contributed by atoms with E-state index in [-0.39, 0.29) is 11.7 Å². The van der Waals surface area contributed by atoms with Gasteiger partial charge in [0, 0.05) is 19.1 Å². The van der Waals surface area contributed by atoms with Crippen LogP contribution in [0.4, 0.5) is 0 Å². The number of allylic oxidation sites excluding steroid dienone is 1. The highest BCUT2D eigenvalue weighted by Gasteiger charge is 2.23. The summed E-state index contributed by atoms with van der Waals surface area (Å²) in [7, 11) is 0. The molecule has 0 saturated carbocycles. The lowest BCUT2D eigenvalue weighted by Gasteiger charge is -2.16. The Labute approximate surface area is 83.5 Å². The third-order valence-corrected chi connectivity index (χ3v) is 2.09. The molecular formula is C10H16O4. The van der Waals surface area contributed by atoms with Crippen LogP contribution in [0.3, 0.4) is 0 Å². The number of aliphatic hydroxyl groups excluding tert-OH is 1. The fraction of sp³-hybridized carbons (Fsp3) is 0.700. The van der Waals surface area contributed by atoms with Gasteiger partial charge in [-0.05, 0) is 18.9 Å². The lowest BCUT2D eigenvalue weighted by atomic mass is 10.1. The van der Waals surface area contributed by atoms with Gasteiger partial charge in [0.25, 0.3) is 6.29 Å². The third kappa shape index (κ3) is 3.47. The first-order chi connectivity index (χ1) is 6.72. The molecule has 2 heterocycles. The molecule has 0 aromatic carbocycles. The highest BCUT2D eigenvalue weighted by Crippen LogP contribution is 2.09. The molecular weight excluding hydrogens is 184 g/mol. The maximum absolute atomic E-state index is 10.7. The molecule has 1 N–H and O–H groups in total. The van der Waals surface area contributed by atoms with E-state index < -0.39 is 6.29 Å². The smallest absolute Gasteiger partial charge is 0.257 e. The minimum atomic E-state index is -1.25. The largest absolute Gasteiger partial charge is 0.465 e. The van der Waals surface area contributed by atoms with E-state index >= 15 is 0 Å². The summed E-state index contributed by atoms with van der Waals surface area (Å²) in [6.45, 7) is 3.71. The Morgan fingerprint density at radius 3 is 2.43 bits per heavy atom. The van der Waals surface area contributed by atoms with Gasteiger partial charge in [0.1, 0.15) is 0 Å². The van der Waals surface area contributed by atoms with Gasteiger partial charge in [0.15, 0.2) is 0 Å². The number of aliphatic hydroxyl groups is 1.